The molecule has 0 spiro atoms. The summed E-state index contributed by atoms with van der Waals surface area (Å²) < 4.78 is 0. The Kier molecular flexibility index (Phi) is 21.7. The molecule has 0 bridgehead atoms. The fraction of sp³-hybridized carbons (Fsp3) is 0.590. The first-order chi connectivity index (χ1) is 24.4. The van der Waals surface area contributed by atoms with Gasteiger partial charge in [0.1, 0.15) is 17.8 Å². The van der Waals surface area contributed by atoms with Crippen LogP contribution in [0.1, 0.15) is 113 Å². The molecule has 0 saturated carbocycles. The maximum Gasteiger partial charge on any atom is 0.274 e. The number of benzene rings is 1. The number of anilines is 2. The summed E-state index contributed by atoms with van der Waals surface area (Å²) in [5, 5.41) is 12.9. The van der Waals surface area contributed by atoms with Crippen molar-refractivity contribution in [1.82, 2.24) is 35.3 Å². The number of amides is 3. The van der Waals surface area contributed by atoms with Crippen LogP contribution in [0.3, 0.4) is 0 Å². The zero-order valence-electron chi connectivity index (χ0n) is 33.0. The normalized spacial score (nSPS) is 12.3. The summed E-state index contributed by atoms with van der Waals surface area (Å²) in [5.74, 6) is 0.883. The Morgan fingerprint density at radius 1 is 1.02 bits per heavy atom. The number of rotatable bonds is 12. The van der Waals surface area contributed by atoms with E-state index in [9.17, 15) is 14.4 Å². The van der Waals surface area contributed by atoms with Gasteiger partial charge >= 0.3 is 0 Å². The minimum Gasteiger partial charge on any atom is -0.383 e. The number of piperidine rings is 1. The third-order valence-electron chi connectivity index (χ3n) is 8.48. The van der Waals surface area contributed by atoms with Crippen molar-refractivity contribution >= 4 is 40.3 Å². The van der Waals surface area contributed by atoms with Crippen LogP contribution in [0, 0.1) is 19.8 Å². The SMILES string of the molecule is CC.CCCCCCC(C)C.CNC/C=C/C(=O)N1CCCCC1.Cc1c(CC(=O)N(C)C)ccc(NC(=O)c2[nH]nc3ncnc(N)c23)c1C. The molecule has 4 rings (SSSR count). The number of nitrogen functional groups attached to an aromatic ring is 1. The van der Waals surface area contributed by atoms with E-state index in [0.29, 0.717) is 23.1 Å². The molecule has 0 atom stereocenters. The van der Waals surface area contributed by atoms with Crippen LogP contribution in [-0.4, -0.2) is 88.5 Å². The molecule has 0 radical (unpaired) electrons. The minimum absolute atomic E-state index is 0.0219. The lowest BCUT2D eigenvalue weighted by molar-refractivity contribution is -0.128. The predicted octanol–water partition coefficient (Wildman–Crippen LogP) is 6.85. The molecule has 1 aromatic carbocycles. The lowest BCUT2D eigenvalue weighted by Gasteiger charge is -2.25. The molecule has 1 fully saturated rings. The van der Waals surface area contributed by atoms with Crippen molar-refractivity contribution in [2.45, 2.75) is 106 Å². The smallest absolute Gasteiger partial charge is 0.274 e. The van der Waals surface area contributed by atoms with E-state index < -0.39 is 5.91 Å². The van der Waals surface area contributed by atoms with Crippen LogP contribution in [-0.2, 0) is 16.0 Å². The highest BCUT2D eigenvalue weighted by atomic mass is 16.2. The van der Waals surface area contributed by atoms with E-state index in [1.54, 1.807) is 31.1 Å². The standard InChI is InChI=1S/C18H21N7O2.C10H18N2O.C9H20.C2H6/c1-9-10(2)12(6-5-11(9)7-13(26)25(3)4)22-18(27)15-14-16(19)20-8-21-17(14)24-23-15;1-11-7-5-6-10(13)12-8-3-2-4-9-12;1-4-5-6-7-8-9(2)3;1-2/h5-6,8H,7H2,1-4H3,(H,22,27)(H3,19,20,21,23,24);5-6,11H,2-4,7-9H2,1H3;9H,4-8H2,1-3H3;1-2H3/b;6-5+;;. The summed E-state index contributed by atoms with van der Waals surface area (Å²) in [6.45, 7) is 17.3. The van der Waals surface area contributed by atoms with Crippen molar-refractivity contribution < 1.29 is 14.4 Å². The Bertz CT molecular complexity index is 1510. The highest BCUT2D eigenvalue weighted by Crippen LogP contribution is 2.25. The number of H-pyrrole nitrogens is 1. The number of carbonyl (C=O) groups excluding carboxylic acids is 3. The lowest BCUT2D eigenvalue weighted by Crippen LogP contribution is -2.34. The summed E-state index contributed by atoms with van der Waals surface area (Å²) in [6.07, 6.45) is 15.8. The molecule has 3 amide bonds. The molecule has 284 valence electrons. The van der Waals surface area contributed by atoms with Crippen molar-refractivity contribution in [2.24, 2.45) is 5.92 Å². The third kappa shape index (κ3) is 15.6. The maximum absolute atomic E-state index is 12.7. The molecule has 12 heteroatoms. The second-order valence-electron chi connectivity index (χ2n) is 13.1. The summed E-state index contributed by atoms with van der Waals surface area (Å²) in [6, 6.07) is 3.64. The first-order valence-corrected chi connectivity index (χ1v) is 18.6. The zero-order chi connectivity index (χ0) is 38.3. The fourth-order valence-corrected chi connectivity index (χ4v) is 5.23. The molecule has 0 aliphatic carbocycles. The van der Waals surface area contributed by atoms with Crippen molar-refractivity contribution in [2.75, 3.05) is 51.8 Å². The van der Waals surface area contributed by atoms with E-state index in [1.807, 2.05) is 51.8 Å². The van der Waals surface area contributed by atoms with Gasteiger partial charge in [0.15, 0.2) is 5.65 Å². The van der Waals surface area contributed by atoms with Gasteiger partial charge in [-0.3, -0.25) is 19.5 Å². The molecular weight excluding hydrogens is 642 g/mol. The van der Waals surface area contributed by atoms with Gasteiger partial charge in [0, 0.05) is 45.5 Å². The van der Waals surface area contributed by atoms with Gasteiger partial charge in [0.2, 0.25) is 11.8 Å². The van der Waals surface area contributed by atoms with Gasteiger partial charge in [-0.1, -0.05) is 78.9 Å². The monoisotopic (exact) mass is 708 g/mol. The van der Waals surface area contributed by atoms with Crippen LogP contribution in [0.5, 0.6) is 0 Å². The summed E-state index contributed by atoms with van der Waals surface area (Å²) in [4.78, 5) is 47.5. The Balaban J connectivity index is 0.000000449. The van der Waals surface area contributed by atoms with Crippen LogP contribution in [0.4, 0.5) is 11.5 Å². The first kappa shape index (κ1) is 44.7. The van der Waals surface area contributed by atoms with Gasteiger partial charge in [-0.25, -0.2) is 9.97 Å². The van der Waals surface area contributed by atoms with Gasteiger partial charge in [0.05, 0.1) is 11.8 Å². The van der Waals surface area contributed by atoms with Crippen molar-refractivity contribution in [3.05, 3.63) is 53.0 Å². The number of likely N-dealkylation sites (N-methyl/N-ethyl adjacent to an activating group) is 2. The van der Waals surface area contributed by atoms with Crippen LogP contribution >= 0.6 is 0 Å². The molecule has 51 heavy (non-hydrogen) atoms. The Hall–Kier alpha value is -4.32. The fourth-order valence-electron chi connectivity index (χ4n) is 5.23. The molecule has 1 saturated heterocycles. The highest BCUT2D eigenvalue weighted by Gasteiger charge is 2.19. The third-order valence-corrected chi connectivity index (χ3v) is 8.48. The van der Waals surface area contributed by atoms with E-state index in [1.165, 1.54) is 44.9 Å². The zero-order valence-corrected chi connectivity index (χ0v) is 33.0. The molecule has 2 aromatic heterocycles. The quantitative estimate of drug-likeness (QED) is 0.117. The topological polar surface area (TPSA) is 162 Å². The molecule has 0 unspecified atom stereocenters. The number of nitrogens with zero attached hydrogens (tertiary/aromatic N) is 5. The molecular formula is C39H65N9O3. The number of hydrogen-bond acceptors (Lipinski definition) is 8. The van der Waals surface area contributed by atoms with E-state index in [4.69, 9.17) is 5.73 Å². The van der Waals surface area contributed by atoms with Crippen molar-refractivity contribution in [3.8, 4) is 0 Å². The second-order valence-corrected chi connectivity index (χ2v) is 13.1. The second kappa shape index (κ2) is 24.8. The molecule has 12 nitrogen and oxygen atoms in total. The van der Waals surface area contributed by atoms with Crippen LogP contribution in [0.25, 0.3) is 11.0 Å². The average molecular weight is 708 g/mol. The van der Waals surface area contributed by atoms with Crippen LogP contribution in [0.2, 0.25) is 0 Å². The van der Waals surface area contributed by atoms with Gasteiger partial charge in [-0.05, 0) is 68.8 Å². The molecule has 3 heterocycles. The molecule has 5 N–H and O–H groups in total. The number of carbonyl (C=O) groups is 3. The highest BCUT2D eigenvalue weighted by molar-refractivity contribution is 6.13. The largest absolute Gasteiger partial charge is 0.383 e. The lowest BCUT2D eigenvalue weighted by atomic mass is 9.98. The van der Waals surface area contributed by atoms with Gasteiger partial charge in [-0.15, -0.1) is 0 Å². The van der Waals surface area contributed by atoms with E-state index in [-0.39, 0.29) is 23.3 Å². The van der Waals surface area contributed by atoms with E-state index >= 15 is 0 Å². The van der Waals surface area contributed by atoms with Gasteiger partial charge < -0.3 is 26.2 Å². The van der Waals surface area contributed by atoms with E-state index in [2.05, 4.69) is 51.6 Å². The van der Waals surface area contributed by atoms with Gasteiger partial charge in [-0.2, -0.15) is 5.10 Å². The summed E-state index contributed by atoms with van der Waals surface area (Å²) >= 11 is 0. The summed E-state index contributed by atoms with van der Waals surface area (Å²) in [5.41, 5.74) is 9.81. The maximum atomic E-state index is 12.7. The average Bonchev–Trinajstić information content (AvgIpc) is 3.57. The van der Waals surface area contributed by atoms with E-state index in [0.717, 1.165) is 55.1 Å². The number of fused-ring (bicyclic) bond motifs is 1. The Morgan fingerprint density at radius 3 is 2.31 bits per heavy atom. The Morgan fingerprint density at radius 2 is 1.71 bits per heavy atom. The number of nitrogens with one attached hydrogen (secondary N) is 3. The first-order valence-electron chi connectivity index (χ1n) is 18.6. The Labute approximate surface area is 306 Å². The van der Waals surface area contributed by atoms with Crippen molar-refractivity contribution in [1.29, 1.82) is 0 Å². The molecule has 1 aliphatic heterocycles. The van der Waals surface area contributed by atoms with Crippen LogP contribution in [0.15, 0.2) is 30.6 Å². The van der Waals surface area contributed by atoms with Crippen molar-refractivity contribution in [3.63, 3.8) is 0 Å². The number of aromatic nitrogens is 4. The van der Waals surface area contributed by atoms with Crippen LogP contribution < -0.4 is 16.4 Å². The predicted molar refractivity (Wildman–Crippen MR) is 211 cm³/mol. The number of hydrogen-bond donors (Lipinski definition) is 4. The summed E-state index contributed by atoms with van der Waals surface area (Å²) in [7, 11) is 5.32. The van der Waals surface area contributed by atoms with Gasteiger partial charge in [0.25, 0.3) is 5.91 Å². The number of aromatic amines is 1. The molecule has 1 aliphatic rings. The number of likely N-dealkylation sites (tertiary alicyclic amines) is 1. The minimum atomic E-state index is -0.390. The number of unbranched alkanes of at least 4 members (excludes halogenated alkanes) is 3. The molecule has 3 aromatic rings. The number of nitrogens with two attached hydrogens (primary N) is 1.